The van der Waals surface area contributed by atoms with Gasteiger partial charge >= 0.3 is 5.97 Å². The van der Waals surface area contributed by atoms with Gasteiger partial charge < -0.3 is 14.4 Å². The lowest BCUT2D eigenvalue weighted by atomic mass is 9.87. The Balaban J connectivity index is 1.73. The Kier molecular flexibility index (Phi) is 3.78. The Morgan fingerprint density at radius 2 is 2.24 bits per heavy atom. The highest BCUT2D eigenvalue weighted by molar-refractivity contribution is 5.70. The monoisotopic (exact) mass is 239 g/mol. The molecular formula is C12H17NO4. The third-order valence-corrected chi connectivity index (χ3v) is 3.16. The van der Waals surface area contributed by atoms with Crippen LogP contribution in [0, 0.1) is 12.8 Å². The Hall–Kier alpha value is -1.36. The predicted octanol–water partition coefficient (Wildman–Crippen LogP) is 2.14. The van der Waals surface area contributed by atoms with Gasteiger partial charge in [-0.25, -0.2) is 0 Å². The minimum absolute atomic E-state index is 0.149. The van der Waals surface area contributed by atoms with E-state index in [2.05, 4.69) is 5.16 Å². The Morgan fingerprint density at radius 1 is 1.53 bits per heavy atom. The second-order valence-corrected chi connectivity index (χ2v) is 4.56. The highest BCUT2D eigenvalue weighted by Crippen LogP contribution is 2.26. The van der Waals surface area contributed by atoms with E-state index in [1.807, 2.05) is 13.0 Å². The lowest BCUT2D eigenvalue weighted by Gasteiger charge is -2.25. The summed E-state index contributed by atoms with van der Waals surface area (Å²) >= 11 is 0. The van der Waals surface area contributed by atoms with Gasteiger partial charge in [0, 0.05) is 6.07 Å². The highest BCUT2D eigenvalue weighted by Gasteiger charge is 2.26. The Labute approximate surface area is 99.7 Å². The third kappa shape index (κ3) is 3.30. The van der Waals surface area contributed by atoms with Crippen LogP contribution in [0.4, 0.5) is 0 Å². The molecule has 1 saturated carbocycles. The smallest absolute Gasteiger partial charge is 0.306 e. The van der Waals surface area contributed by atoms with Crippen LogP contribution in [0.2, 0.25) is 0 Å². The molecule has 1 N–H and O–H groups in total. The number of carboxylic acids is 1. The van der Waals surface area contributed by atoms with E-state index >= 15 is 0 Å². The molecule has 94 valence electrons. The number of hydrogen-bond donors (Lipinski definition) is 1. The van der Waals surface area contributed by atoms with E-state index in [-0.39, 0.29) is 12.0 Å². The van der Waals surface area contributed by atoms with Crippen LogP contribution in [-0.4, -0.2) is 22.3 Å². The van der Waals surface area contributed by atoms with Crippen molar-refractivity contribution in [2.45, 2.75) is 45.3 Å². The molecule has 1 aliphatic carbocycles. The van der Waals surface area contributed by atoms with E-state index in [9.17, 15) is 4.79 Å². The van der Waals surface area contributed by atoms with Crippen LogP contribution >= 0.6 is 0 Å². The summed E-state index contributed by atoms with van der Waals surface area (Å²) < 4.78 is 10.7. The summed E-state index contributed by atoms with van der Waals surface area (Å²) in [5.41, 5.74) is 0.846. The number of carbonyl (C=O) groups is 1. The normalized spacial score (nSPS) is 24.8. The Morgan fingerprint density at radius 3 is 2.76 bits per heavy atom. The first-order chi connectivity index (χ1) is 8.15. The predicted molar refractivity (Wildman–Crippen MR) is 59.4 cm³/mol. The van der Waals surface area contributed by atoms with Crippen molar-refractivity contribution in [3.05, 3.63) is 17.5 Å². The summed E-state index contributed by atoms with van der Waals surface area (Å²) in [5, 5.41) is 12.7. The van der Waals surface area contributed by atoms with Crippen LogP contribution < -0.4 is 0 Å². The number of aliphatic carboxylic acids is 1. The molecule has 1 aromatic rings. The molecule has 0 aliphatic heterocycles. The largest absolute Gasteiger partial charge is 0.481 e. The topological polar surface area (TPSA) is 72.6 Å². The molecule has 0 radical (unpaired) electrons. The van der Waals surface area contributed by atoms with Crippen molar-refractivity contribution in [1.29, 1.82) is 0 Å². The van der Waals surface area contributed by atoms with Crippen LogP contribution in [0.25, 0.3) is 0 Å². The summed E-state index contributed by atoms with van der Waals surface area (Å²) in [5.74, 6) is -0.153. The lowest BCUT2D eigenvalue weighted by Crippen LogP contribution is -2.25. The maximum atomic E-state index is 10.8. The molecule has 0 aromatic carbocycles. The van der Waals surface area contributed by atoms with Gasteiger partial charge in [0.15, 0.2) is 5.76 Å². The molecule has 0 unspecified atom stereocenters. The molecule has 17 heavy (non-hydrogen) atoms. The number of aryl methyl sites for hydroxylation is 1. The molecule has 0 amide bonds. The molecular weight excluding hydrogens is 222 g/mol. The quantitative estimate of drug-likeness (QED) is 0.871. The van der Waals surface area contributed by atoms with Crippen molar-refractivity contribution in [2.24, 2.45) is 5.92 Å². The van der Waals surface area contributed by atoms with Gasteiger partial charge in [0.1, 0.15) is 6.61 Å². The maximum Gasteiger partial charge on any atom is 0.306 e. The standard InChI is InChI=1S/C12H17NO4/c1-8-6-11(17-13-8)7-16-10-4-2-9(3-5-10)12(14)15/h6,9-10H,2-5,7H2,1H3,(H,14,15). The first kappa shape index (κ1) is 12.1. The second-order valence-electron chi connectivity index (χ2n) is 4.56. The number of hydrogen-bond acceptors (Lipinski definition) is 4. The molecule has 0 atom stereocenters. The summed E-state index contributed by atoms with van der Waals surface area (Å²) in [4.78, 5) is 10.8. The van der Waals surface area contributed by atoms with Gasteiger partial charge in [-0.05, 0) is 32.6 Å². The van der Waals surface area contributed by atoms with Crippen LogP contribution in [0.3, 0.4) is 0 Å². The number of carboxylic acid groups (broad SMARTS) is 1. The zero-order chi connectivity index (χ0) is 12.3. The summed E-state index contributed by atoms with van der Waals surface area (Å²) in [6.07, 6.45) is 3.18. The molecule has 2 rings (SSSR count). The van der Waals surface area contributed by atoms with Crippen molar-refractivity contribution in [1.82, 2.24) is 5.16 Å². The molecule has 0 saturated heterocycles. The third-order valence-electron chi connectivity index (χ3n) is 3.16. The van der Waals surface area contributed by atoms with Crippen molar-refractivity contribution in [2.75, 3.05) is 0 Å². The van der Waals surface area contributed by atoms with E-state index in [0.29, 0.717) is 19.4 Å². The zero-order valence-corrected chi connectivity index (χ0v) is 9.89. The van der Waals surface area contributed by atoms with Crippen molar-refractivity contribution >= 4 is 5.97 Å². The van der Waals surface area contributed by atoms with Crippen molar-refractivity contribution < 1.29 is 19.2 Å². The van der Waals surface area contributed by atoms with Gasteiger partial charge in [-0.2, -0.15) is 0 Å². The number of nitrogens with zero attached hydrogens (tertiary/aromatic N) is 1. The molecule has 1 aromatic heterocycles. The molecule has 5 nitrogen and oxygen atoms in total. The van der Waals surface area contributed by atoms with E-state index in [1.54, 1.807) is 0 Å². The minimum Gasteiger partial charge on any atom is -0.481 e. The molecule has 0 bridgehead atoms. The molecule has 5 heteroatoms. The average molecular weight is 239 g/mol. The summed E-state index contributed by atoms with van der Waals surface area (Å²) in [6, 6.07) is 1.85. The Bertz CT molecular complexity index is 380. The van der Waals surface area contributed by atoms with Crippen LogP contribution in [0.1, 0.15) is 37.1 Å². The number of rotatable bonds is 4. The highest BCUT2D eigenvalue weighted by atomic mass is 16.5. The van der Waals surface area contributed by atoms with Gasteiger partial charge in [-0.3, -0.25) is 4.79 Å². The zero-order valence-electron chi connectivity index (χ0n) is 9.89. The molecule has 1 heterocycles. The number of ether oxygens (including phenoxy) is 1. The molecule has 1 fully saturated rings. The lowest BCUT2D eigenvalue weighted by molar-refractivity contribution is -0.144. The first-order valence-corrected chi connectivity index (χ1v) is 5.91. The fourth-order valence-electron chi connectivity index (χ4n) is 2.16. The van der Waals surface area contributed by atoms with Gasteiger partial charge in [-0.1, -0.05) is 5.16 Å². The van der Waals surface area contributed by atoms with E-state index in [4.69, 9.17) is 14.4 Å². The van der Waals surface area contributed by atoms with Crippen LogP contribution in [0.15, 0.2) is 10.6 Å². The van der Waals surface area contributed by atoms with E-state index in [0.717, 1.165) is 24.3 Å². The number of aromatic nitrogens is 1. The molecule has 0 spiro atoms. The molecule has 1 aliphatic rings. The second kappa shape index (κ2) is 5.31. The fraction of sp³-hybridized carbons (Fsp3) is 0.667. The van der Waals surface area contributed by atoms with Gasteiger partial charge in [-0.15, -0.1) is 0 Å². The van der Waals surface area contributed by atoms with Crippen molar-refractivity contribution in [3.63, 3.8) is 0 Å². The van der Waals surface area contributed by atoms with E-state index in [1.165, 1.54) is 0 Å². The summed E-state index contributed by atoms with van der Waals surface area (Å²) in [6.45, 7) is 2.29. The SMILES string of the molecule is Cc1cc(COC2CCC(C(=O)O)CC2)on1. The van der Waals surface area contributed by atoms with Crippen LogP contribution in [0.5, 0.6) is 0 Å². The first-order valence-electron chi connectivity index (χ1n) is 5.91. The van der Waals surface area contributed by atoms with E-state index < -0.39 is 5.97 Å². The van der Waals surface area contributed by atoms with Gasteiger partial charge in [0.25, 0.3) is 0 Å². The van der Waals surface area contributed by atoms with Crippen molar-refractivity contribution in [3.8, 4) is 0 Å². The fourth-order valence-corrected chi connectivity index (χ4v) is 2.16. The maximum absolute atomic E-state index is 10.8. The average Bonchev–Trinajstić information content (AvgIpc) is 2.73. The van der Waals surface area contributed by atoms with Gasteiger partial charge in [0.2, 0.25) is 0 Å². The van der Waals surface area contributed by atoms with Crippen LogP contribution in [-0.2, 0) is 16.1 Å². The summed E-state index contributed by atoms with van der Waals surface area (Å²) in [7, 11) is 0. The minimum atomic E-state index is -0.686. The van der Waals surface area contributed by atoms with Gasteiger partial charge in [0.05, 0.1) is 17.7 Å².